The van der Waals surface area contributed by atoms with Crippen LogP contribution in [0.2, 0.25) is 0 Å². The zero-order chi connectivity index (χ0) is 24.9. The molecule has 9 heteroatoms. The van der Waals surface area contributed by atoms with E-state index in [0.29, 0.717) is 38.7 Å². The average molecular weight is 728 g/mol. The number of anilines is 2. The van der Waals surface area contributed by atoms with Crippen LogP contribution in [-0.4, -0.2) is 64.7 Å². The molecule has 1 spiro atoms. The normalized spacial score (nSPS) is 26.1. The third kappa shape index (κ3) is 4.73. The predicted octanol–water partition coefficient (Wildman–Crippen LogP) is 2.83. The molecule has 0 unspecified atom stereocenters. The summed E-state index contributed by atoms with van der Waals surface area (Å²) >= 11 is 0. The van der Waals surface area contributed by atoms with E-state index in [9.17, 15) is 14.7 Å². The van der Waals surface area contributed by atoms with Gasteiger partial charge in [-0.3, -0.25) is 19.4 Å². The fraction of sp³-hybridized carbons (Fsp3) is 0.536. The summed E-state index contributed by atoms with van der Waals surface area (Å²) < 4.78 is 6.05. The second kappa shape index (κ2) is 10.3. The van der Waals surface area contributed by atoms with Gasteiger partial charge in [-0.15, -0.1) is 11.6 Å². The average Bonchev–Trinajstić information content (AvgIpc) is 3.14. The van der Waals surface area contributed by atoms with E-state index in [1.807, 2.05) is 31.2 Å². The standard InChI is InChI=1S/C28H33N4O4.U/c1-2-27(35)16-20(17-27)32-24(33)8-7-19-15-21(18-29-25(19)32)36-14-13-31-11-9-28(10-12-31)22-5-3-4-6-23(22)30-26(28)34;/h4-6,15,18,20,35H,2,7-14,16-17H2,1H3,(H,30,34);/q-1;. The molecule has 3 aliphatic heterocycles. The van der Waals surface area contributed by atoms with Crippen LogP contribution < -0.4 is 15.0 Å². The van der Waals surface area contributed by atoms with Crippen molar-refractivity contribution in [1.82, 2.24) is 9.88 Å². The number of fused-ring (bicyclic) bond motifs is 3. The van der Waals surface area contributed by atoms with Gasteiger partial charge in [-0.05, 0) is 63.2 Å². The topological polar surface area (TPSA) is 95.0 Å². The van der Waals surface area contributed by atoms with E-state index in [1.165, 1.54) is 0 Å². The van der Waals surface area contributed by atoms with Crippen LogP contribution in [0.5, 0.6) is 5.75 Å². The monoisotopic (exact) mass is 727 g/mol. The molecule has 194 valence electrons. The molecule has 0 atom stereocenters. The fourth-order valence-corrected chi connectivity index (χ4v) is 6.35. The van der Waals surface area contributed by atoms with Crippen LogP contribution in [0.25, 0.3) is 0 Å². The number of amides is 2. The summed E-state index contributed by atoms with van der Waals surface area (Å²) in [7, 11) is 0. The number of hydrogen-bond donors (Lipinski definition) is 2. The first-order chi connectivity index (χ1) is 17.4. The third-order valence-electron chi connectivity index (χ3n) is 8.73. The van der Waals surface area contributed by atoms with Gasteiger partial charge in [-0.25, -0.2) is 4.98 Å². The van der Waals surface area contributed by atoms with E-state index in [0.717, 1.165) is 60.9 Å². The van der Waals surface area contributed by atoms with E-state index in [4.69, 9.17) is 4.74 Å². The number of aromatic nitrogens is 1. The van der Waals surface area contributed by atoms with E-state index in [1.54, 1.807) is 11.1 Å². The predicted molar refractivity (Wildman–Crippen MR) is 135 cm³/mol. The number of likely N-dealkylation sites (tertiary alicyclic amines) is 1. The zero-order valence-electron chi connectivity index (χ0n) is 21.3. The summed E-state index contributed by atoms with van der Waals surface area (Å²) in [6.45, 7) is 4.99. The van der Waals surface area contributed by atoms with Crippen LogP contribution in [0.15, 0.2) is 30.5 Å². The van der Waals surface area contributed by atoms with Crippen molar-refractivity contribution in [1.29, 1.82) is 0 Å². The van der Waals surface area contributed by atoms with E-state index in [2.05, 4.69) is 21.3 Å². The second-order valence-electron chi connectivity index (χ2n) is 10.8. The largest absolute Gasteiger partial charge is 0.491 e. The number of hydrogen-bond acceptors (Lipinski definition) is 6. The molecule has 2 N–H and O–H groups in total. The van der Waals surface area contributed by atoms with Gasteiger partial charge in [0, 0.05) is 55.5 Å². The number of carbonyl (C=O) groups excluding carboxylic acids is 2. The number of nitrogens with zero attached hydrogens (tertiary/aromatic N) is 3. The molecule has 4 aliphatic rings. The first-order valence-corrected chi connectivity index (χ1v) is 13.1. The maximum Gasteiger partial charge on any atom is 0.228 e. The minimum absolute atomic E-state index is 0. The number of nitrogens with one attached hydrogen (secondary N) is 1. The van der Waals surface area contributed by atoms with Crippen LogP contribution >= 0.6 is 0 Å². The van der Waals surface area contributed by atoms with Gasteiger partial charge in [-0.1, -0.05) is 12.6 Å². The smallest absolute Gasteiger partial charge is 0.228 e. The van der Waals surface area contributed by atoms with Gasteiger partial charge in [-0.2, -0.15) is 18.2 Å². The molecule has 1 saturated carbocycles. The molecule has 1 aliphatic carbocycles. The molecule has 1 saturated heterocycles. The van der Waals surface area contributed by atoms with E-state index in [-0.39, 0.29) is 49.0 Å². The minimum atomic E-state index is -0.650. The molecule has 2 aromatic rings. The van der Waals surface area contributed by atoms with Crippen LogP contribution in [0.1, 0.15) is 56.6 Å². The molecule has 0 radical (unpaired) electrons. The summed E-state index contributed by atoms with van der Waals surface area (Å²) in [6.07, 6.45) is 6.34. The Morgan fingerprint density at radius 1 is 1.24 bits per heavy atom. The summed E-state index contributed by atoms with van der Waals surface area (Å²) in [6, 6.07) is 10.9. The van der Waals surface area contributed by atoms with E-state index >= 15 is 0 Å². The Morgan fingerprint density at radius 3 is 2.78 bits per heavy atom. The van der Waals surface area contributed by atoms with Crippen molar-refractivity contribution in [3.05, 3.63) is 47.7 Å². The first kappa shape index (κ1) is 26.7. The van der Waals surface area contributed by atoms with Gasteiger partial charge >= 0.3 is 0 Å². The number of pyridine rings is 1. The molecule has 8 nitrogen and oxygen atoms in total. The molecular formula is C28H33N4O4U-. The zero-order valence-corrected chi connectivity index (χ0v) is 25.4. The van der Waals surface area contributed by atoms with Crippen molar-refractivity contribution in [3.8, 4) is 5.75 Å². The van der Waals surface area contributed by atoms with E-state index < -0.39 is 11.0 Å². The van der Waals surface area contributed by atoms with Gasteiger partial charge in [0.2, 0.25) is 11.8 Å². The molecule has 37 heavy (non-hydrogen) atoms. The van der Waals surface area contributed by atoms with Gasteiger partial charge in [0.05, 0.1) is 11.8 Å². The number of rotatable bonds is 6. The Hall–Kier alpha value is -1.92. The van der Waals surface area contributed by atoms with Crippen molar-refractivity contribution in [2.45, 2.75) is 68.9 Å². The number of carbonyl (C=O) groups is 2. The Kier molecular flexibility index (Phi) is 7.45. The van der Waals surface area contributed by atoms with Crippen molar-refractivity contribution in [2.24, 2.45) is 0 Å². The Labute approximate surface area is 241 Å². The Morgan fingerprint density at radius 2 is 2.03 bits per heavy atom. The van der Waals surface area contributed by atoms with Crippen LogP contribution in [0.3, 0.4) is 0 Å². The SMILES string of the molecule is CCC1(O)CC(N2C(=O)CCc3cc(OCCN4CCC5(CC4)C(=O)Nc4cc[c-]cc45)cnc32)C1.[U]. The second-order valence-corrected chi connectivity index (χ2v) is 10.8. The van der Waals surface area contributed by atoms with Gasteiger partial charge in [0.25, 0.3) is 0 Å². The van der Waals surface area contributed by atoms with Crippen molar-refractivity contribution < 1.29 is 50.5 Å². The molecule has 2 fully saturated rings. The Balaban J connectivity index is 0.00000280. The Bertz CT molecular complexity index is 1190. The molecule has 6 rings (SSSR count). The number of benzene rings is 1. The van der Waals surface area contributed by atoms with Crippen LogP contribution in [-0.2, 0) is 21.4 Å². The van der Waals surface area contributed by atoms with Crippen LogP contribution in [0, 0.1) is 37.2 Å². The number of ether oxygens (including phenoxy) is 1. The molecule has 1 aromatic heterocycles. The molecular weight excluding hydrogens is 694 g/mol. The van der Waals surface area contributed by atoms with Gasteiger partial charge in [0.15, 0.2) is 0 Å². The maximum absolute atomic E-state index is 12.8. The number of aryl methyl sites for hydroxylation is 1. The fourth-order valence-electron chi connectivity index (χ4n) is 6.35. The summed E-state index contributed by atoms with van der Waals surface area (Å²) in [5.41, 5.74) is 1.96. The molecule has 1 aromatic carbocycles. The number of aliphatic hydroxyl groups is 1. The first-order valence-electron chi connectivity index (χ1n) is 13.1. The quantitative estimate of drug-likeness (QED) is 0.445. The van der Waals surface area contributed by atoms with Gasteiger partial charge in [0.1, 0.15) is 18.2 Å². The van der Waals surface area contributed by atoms with Crippen molar-refractivity contribution >= 4 is 23.3 Å². The summed E-state index contributed by atoms with van der Waals surface area (Å²) in [5, 5.41) is 13.5. The molecule has 4 heterocycles. The summed E-state index contributed by atoms with van der Waals surface area (Å²) in [4.78, 5) is 34.2. The van der Waals surface area contributed by atoms with Crippen molar-refractivity contribution in [3.63, 3.8) is 0 Å². The summed E-state index contributed by atoms with van der Waals surface area (Å²) in [5.74, 6) is 1.64. The van der Waals surface area contributed by atoms with Crippen LogP contribution in [0.4, 0.5) is 11.5 Å². The third-order valence-corrected chi connectivity index (χ3v) is 8.73. The van der Waals surface area contributed by atoms with Gasteiger partial charge < -0.3 is 15.2 Å². The molecule has 0 bridgehead atoms. The van der Waals surface area contributed by atoms with Crippen molar-refractivity contribution in [2.75, 3.05) is 36.5 Å². The maximum atomic E-state index is 12.8. The minimum Gasteiger partial charge on any atom is -0.491 e. The molecule has 2 amide bonds. The number of piperidine rings is 1.